The fourth-order valence-corrected chi connectivity index (χ4v) is 1.31. The molecule has 2 nitrogen and oxygen atoms in total. The van der Waals surface area contributed by atoms with E-state index in [1.165, 1.54) is 6.42 Å². The van der Waals surface area contributed by atoms with Gasteiger partial charge >= 0.3 is 0 Å². The number of methoxy groups -OCH3 is 1. The van der Waals surface area contributed by atoms with Crippen LogP contribution in [0.4, 0.5) is 0 Å². The quantitative estimate of drug-likeness (QED) is 0.617. The van der Waals surface area contributed by atoms with Crippen molar-refractivity contribution in [2.24, 2.45) is 11.3 Å². The summed E-state index contributed by atoms with van der Waals surface area (Å²) in [5.74, 6) is 0.621. The smallest absolute Gasteiger partial charge is 0.0492 e. The number of rotatable bonds is 7. The molecule has 0 amide bonds. The summed E-state index contributed by atoms with van der Waals surface area (Å²) < 4.78 is 5.18. The summed E-state index contributed by atoms with van der Waals surface area (Å²) in [5.41, 5.74) is 0.373. The van der Waals surface area contributed by atoms with Crippen molar-refractivity contribution in [2.75, 3.05) is 26.8 Å². The van der Waals surface area contributed by atoms with Crippen LogP contribution in [0.25, 0.3) is 0 Å². The molecule has 0 aliphatic heterocycles. The van der Waals surface area contributed by atoms with E-state index in [-0.39, 0.29) is 0 Å². The van der Waals surface area contributed by atoms with Crippen LogP contribution in [0.15, 0.2) is 0 Å². The first-order valence-electron chi connectivity index (χ1n) is 5.24. The zero-order chi connectivity index (χ0) is 10.3. The highest BCUT2D eigenvalue weighted by atomic mass is 16.5. The zero-order valence-corrected chi connectivity index (χ0v) is 9.81. The van der Waals surface area contributed by atoms with Crippen molar-refractivity contribution < 1.29 is 4.74 Å². The lowest BCUT2D eigenvalue weighted by Crippen LogP contribution is -2.29. The van der Waals surface area contributed by atoms with E-state index in [2.05, 4.69) is 33.0 Å². The normalized spacial score (nSPS) is 14.5. The van der Waals surface area contributed by atoms with Gasteiger partial charge in [0.1, 0.15) is 0 Å². The van der Waals surface area contributed by atoms with Gasteiger partial charge in [-0.25, -0.2) is 0 Å². The van der Waals surface area contributed by atoms with Gasteiger partial charge in [-0.15, -0.1) is 0 Å². The molecular formula is C11H25NO. The Morgan fingerprint density at radius 2 is 2.00 bits per heavy atom. The van der Waals surface area contributed by atoms with E-state index >= 15 is 0 Å². The molecule has 1 atom stereocenters. The van der Waals surface area contributed by atoms with E-state index in [4.69, 9.17) is 4.74 Å². The molecule has 0 heterocycles. The van der Waals surface area contributed by atoms with Gasteiger partial charge in [0.25, 0.3) is 0 Å². The third kappa shape index (κ3) is 5.27. The third-order valence-electron chi connectivity index (χ3n) is 2.95. The molecule has 0 aliphatic carbocycles. The van der Waals surface area contributed by atoms with E-state index < -0.39 is 0 Å². The van der Waals surface area contributed by atoms with Crippen LogP contribution >= 0.6 is 0 Å². The first-order chi connectivity index (χ1) is 6.04. The van der Waals surface area contributed by atoms with Crippen LogP contribution in [0.2, 0.25) is 0 Å². The minimum Gasteiger partial charge on any atom is -0.384 e. The summed E-state index contributed by atoms with van der Waals surface area (Å²) in [6.45, 7) is 12.1. The predicted molar refractivity (Wildman–Crippen MR) is 58.0 cm³/mol. The first kappa shape index (κ1) is 12.9. The maximum absolute atomic E-state index is 5.18. The Bertz CT molecular complexity index is 123. The van der Waals surface area contributed by atoms with E-state index in [9.17, 15) is 0 Å². The predicted octanol–water partition coefficient (Wildman–Crippen LogP) is 2.29. The number of hydrogen-bond donors (Lipinski definition) is 1. The van der Waals surface area contributed by atoms with Gasteiger partial charge in [0.05, 0.1) is 0 Å². The Kier molecular flexibility index (Phi) is 6.35. The summed E-state index contributed by atoms with van der Waals surface area (Å²) in [6, 6.07) is 0. The van der Waals surface area contributed by atoms with Crippen molar-refractivity contribution in [1.82, 2.24) is 5.32 Å². The molecule has 80 valence electrons. The average molecular weight is 187 g/mol. The summed E-state index contributed by atoms with van der Waals surface area (Å²) in [4.78, 5) is 0. The van der Waals surface area contributed by atoms with Crippen molar-refractivity contribution in [3.05, 3.63) is 0 Å². The Balaban J connectivity index is 3.76. The Hall–Kier alpha value is -0.0800. The maximum Gasteiger partial charge on any atom is 0.0492 e. The van der Waals surface area contributed by atoms with Crippen LogP contribution < -0.4 is 5.32 Å². The molecule has 0 saturated heterocycles. The zero-order valence-electron chi connectivity index (χ0n) is 9.81. The van der Waals surface area contributed by atoms with Crippen LogP contribution in [-0.2, 0) is 4.74 Å². The van der Waals surface area contributed by atoms with Gasteiger partial charge in [-0.2, -0.15) is 0 Å². The van der Waals surface area contributed by atoms with Gasteiger partial charge < -0.3 is 10.1 Å². The van der Waals surface area contributed by atoms with E-state index in [1.807, 2.05) is 0 Å². The molecule has 0 rings (SSSR count). The van der Waals surface area contributed by atoms with Crippen LogP contribution in [0.3, 0.4) is 0 Å². The molecule has 2 heteroatoms. The van der Waals surface area contributed by atoms with Crippen molar-refractivity contribution in [3.8, 4) is 0 Å². The van der Waals surface area contributed by atoms with Gasteiger partial charge in [-0.05, 0) is 30.8 Å². The van der Waals surface area contributed by atoms with Gasteiger partial charge in [-0.1, -0.05) is 27.7 Å². The van der Waals surface area contributed by atoms with E-state index in [0.29, 0.717) is 11.3 Å². The molecule has 1 unspecified atom stereocenters. The van der Waals surface area contributed by atoms with Gasteiger partial charge in [0.2, 0.25) is 0 Å². The average Bonchev–Trinajstić information content (AvgIpc) is 2.05. The monoisotopic (exact) mass is 187 g/mol. The summed E-state index contributed by atoms with van der Waals surface area (Å²) in [7, 11) is 1.77. The Morgan fingerprint density at radius 1 is 1.38 bits per heavy atom. The number of nitrogens with one attached hydrogen (secondary N) is 1. The minimum atomic E-state index is 0.373. The fourth-order valence-electron chi connectivity index (χ4n) is 1.31. The highest BCUT2D eigenvalue weighted by molar-refractivity contribution is 4.75. The number of ether oxygens (including phenoxy) is 1. The molecule has 0 aliphatic rings. The van der Waals surface area contributed by atoms with Crippen LogP contribution in [-0.4, -0.2) is 26.8 Å². The van der Waals surface area contributed by atoms with E-state index in [1.54, 1.807) is 7.11 Å². The first-order valence-corrected chi connectivity index (χ1v) is 5.24. The third-order valence-corrected chi connectivity index (χ3v) is 2.95. The molecule has 0 spiro atoms. The van der Waals surface area contributed by atoms with Crippen LogP contribution in [0.1, 0.15) is 34.1 Å². The molecule has 0 aromatic rings. The molecule has 0 radical (unpaired) electrons. The molecule has 0 aromatic carbocycles. The second-order valence-electron chi connectivity index (χ2n) is 4.45. The summed E-state index contributed by atoms with van der Waals surface area (Å²) in [5, 5.41) is 3.36. The highest BCUT2D eigenvalue weighted by Crippen LogP contribution is 2.29. The van der Waals surface area contributed by atoms with E-state index in [0.717, 1.165) is 19.7 Å². The molecule has 0 saturated carbocycles. The largest absolute Gasteiger partial charge is 0.384 e. The highest BCUT2D eigenvalue weighted by Gasteiger charge is 2.24. The lowest BCUT2D eigenvalue weighted by Gasteiger charge is -2.31. The van der Waals surface area contributed by atoms with Gasteiger partial charge in [0, 0.05) is 13.7 Å². The number of hydrogen-bond acceptors (Lipinski definition) is 2. The topological polar surface area (TPSA) is 21.3 Å². The molecular weight excluding hydrogens is 162 g/mol. The van der Waals surface area contributed by atoms with Crippen LogP contribution in [0.5, 0.6) is 0 Å². The molecule has 0 bridgehead atoms. The van der Waals surface area contributed by atoms with Gasteiger partial charge in [-0.3, -0.25) is 0 Å². The summed E-state index contributed by atoms with van der Waals surface area (Å²) >= 11 is 0. The van der Waals surface area contributed by atoms with Crippen molar-refractivity contribution in [1.29, 1.82) is 0 Å². The second-order valence-corrected chi connectivity index (χ2v) is 4.45. The Morgan fingerprint density at radius 3 is 2.46 bits per heavy atom. The minimum absolute atomic E-state index is 0.373. The lowest BCUT2D eigenvalue weighted by molar-refractivity contribution is 0.0863. The molecule has 0 fully saturated rings. The van der Waals surface area contributed by atoms with Crippen molar-refractivity contribution in [2.45, 2.75) is 34.1 Å². The second kappa shape index (κ2) is 6.39. The summed E-state index contributed by atoms with van der Waals surface area (Å²) in [6.07, 6.45) is 1.21. The molecule has 0 aromatic heterocycles. The van der Waals surface area contributed by atoms with Crippen molar-refractivity contribution in [3.63, 3.8) is 0 Å². The van der Waals surface area contributed by atoms with Crippen molar-refractivity contribution >= 4 is 0 Å². The molecule has 13 heavy (non-hydrogen) atoms. The molecule has 1 N–H and O–H groups in total. The SMILES string of the molecule is CCNCCC(C)(C)C(C)COC. The van der Waals surface area contributed by atoms with Gasteiger partial charge in [0.15, 0.2) is 0 Å². The fraction of sp³-hybridized carbons (Fsp3) is 1.00. The standard InChI is InChI=1S/C11H25NO/c1-6-12-8-7-11(3,4)10(2)9-13-5/h10,12H,6-9H2,1-5H3. The maximum atomic E-state index is 5.18. The van der Waals surface area contributed by atoms with Crippen LogP contribution in [0, 0.1) is 11.3 Å². The Labute approximate surface area is 83.1 Å². The lowest BCUT2D eigenvalue weighted by atomic mass is 9.77.